The highest BCUT2D eigenvalue weighted by Gasteiger charge is 2.14. The second kappa shape index (κ2) is 4.86. The molecule has 1 aliphatic rings. The molecule has 2 heterocycles. The van der Waals surface area contributed by atoms with E-state index in [1.807, 2.05) is 23.1 Å². The molecule has 0 amide bonds. The third kappa shape index (κ3) is 1.98. The Hall–Kier alpha value is -1.77. The van der Waals surface area contributed by atoms with Crippen LogP contribution in [0.3, 0.4) is 0 Å². The molecule has 112 valence electrons. The van der Waals surface area contributed by atoms with Gasteiger partial charge in [0.25, 0.3) is 0 Å². The Balaban J connectivity index is 1.94. The zero-order valence-corrected chi connectivity index (χ0v) is 14.8. The Labute approximate surface area is 143 Å². The van der Waals surface area contributed by atoms with Crippen LogP contribution in [0.15, 0.2) is 52.9 Å². The summed E-state index contributed by atoms with van der Waals surface area (Å²) >= 11 is 3.84. The van der Waals surface area contributed by atoms with E-state index < -0.39 is 0 Å². The molecule has 0 spiro atoms. The Bertz CT molecular complexity index is 1130. The molecule has 3 aromatic carbocycles. The van der Waals surface area contributed by atoms with E-state index in [0.717, 1.165) is 5.75 Å². The number of hydrogen-bond donors (Lipinski definition) is 0. The first kappa shape index (κ1) is 13.6. The maximum absolute atomic E-state index is 2.37. The van der Waals surface area contributed by atoms with Crippen molar-refractivity contribution < 1.29 is 0 Å². The molecular weight excluding hydrogens is 316 g/mol. The van der Waals surface area contributed by atoms with Crippen molar-refractivity contribution in [1.29, 1.82) is 0 Å². The molecular formula is C21H16S2. The lowest BCUT2D eigenvalue weighted by molar-refractivity contribution is 1.36. The van der Waals surface area contributed by atoms with E-state index in [1.165, 1.54) is 52.5 Å². The van der Waals surface area contributed by atoms with Crippen LogP contribution in [-0.2, 0) is 0 Å². The number of hydrogen-bond acceptors (Lipinski definition) is 2. The third-order valence-electron chi connectivity index (χ3n) is 4.67. The van der Waals surface area contributed by atoms with Crippen LogP contribution in [0.4, 0.5) is 0 Å². The Kier molecular flexibility index (Phi) is 2.88. The van der Waals surface area contributed by atoms with Gasteiger partial charge in [-0.15, -0.1) is 23.1 Å². The van der Waals surface area contributed by atoms with E-state index in [9.17, 15) is 0 Å². The van der Waals surface area contributed by atoms with Gasteiger partial charge in [0.15, 0.2) is 0 Å². The normalized spacial score (nSPS) is 14.4. The number of thioether (sulfide) groups is 1. The van der Waals surface area contributed by atoms with E-state index in [4.69, 9.17) is 0 Å². The molecule has 0 aliphatic carbocycles. The van der Waals surface area contributed by atoms with Crippen LogP contribution in [0.5, 0.6) is 0 Å². The highest BCUT2D eigenvalue weighted by molar-refractivity contribution is 7.99. The van der Waals surface area contributed by atoms with Gasteiger partial charge in [-0.05, 0) is 59.2 Å². The lowest BCUT2D eigenvalue weighted by atomic mass is 9.96. The Morgan fingerprint density at radius 3 is 2.39 bits per heavy atom. The van der Waals surface area contributed by atoms with Crippen LogP contribution < -0.4 is 0 Å². The summed E-state index contributed by atoms with van der Waals surface area (Å²) < 4.78 is 1.39. The van der Waals surface area contributed by atoms with Crippen molar-refractivity contribution in [1.82, 2.24) is 0 Å². The number of rotatable bonds is 0. The summed E-state index contributed by atoms with van der Waals surface area (Å²) in [6.45, 7) is 4.42. The fourth-order valence-electron chi connectivity index (χ4n) is 3.63. The smallest absolute Gasteiger partial charge is 0.0352 e. The van der Waals surface area contributed by atoms with E-state index in [2.05, 4.69) is 62.4 Å². The van der Waals surface area contributed by atoms with Crippen molar-refractivity contribution in [3.8, 4) is 0 Å². The van der Waals surface area contributed by atoms with Crippen LogP contribution in [-0.4, -0.2) is 5.75 Å². The predicted molar refractivity (Wildman–Crippen MR) is 106 cm³/mol. The van der Waals surface area contributed by atoms with Gasteiger partial charge >= 0.3 is 0 Å². The summed E-state index contributed by atoms with van der Waals surface area (Å²) in [5.41, 5.74) is 2.86. The summed E-state index contributed by atoms with van der Waals surface area (Å²) in [5.74, 6) is 1.11. The molecule has 0 N–H and O–H groups in total. The van der Waals surface area contributed by atoms with Crippen molar-refractivity contribution in [3.63, 3.8) is 0 Å². The average molecular weight is 332 g/mol. The predicted octanol–water partition coefficient (Wildman–Crippen LogP) is 7.03. The monoisotopic (exact) mass is 332 g/mol. The molecule has 0 saturated heterocycles. The fourth-order valence-corrected chi connectivity index (χ4v) is 5.52. The quantitative estimate of drug-likeness (QED) is 0.312. The standard InChI is InChI=1S/C21H16S2/c1-12-9-18-16-3-4-17-15(14(16)5-7-20(18)22-11-12)6-8-21-19(17)10-13(2)23-21/h3-10H,11H2,1-2H3. The molecule has 1 aliphatic heterocycles. The molecule has 5 rings (SSSR count). The molecule has 0 unspecified atom stereocenters. The van der Waals surface area contributed by atoms with Gasteiger partial charge in [-0.1, -0.05) is 35.9 Å². The highest BCUT2D eigenvalue weighted by Crippen LogP contribution is 2.40. The lowest BCUT2D eigenvalue weighted by Gasteiger charge is -2.17. The summed E-state index contributed by atoms with van der Waals surface area (Å²) in [6, 6.07) is 16.1. The molecule has 23 heavy (non-hydrogen) atoms. The van der Waals surface area contributed by atoms with Gasteiger partial charge in [0, 0.05) is 25.6 Å². The zero-order chi connectivity index (χ0) is 15.6. The number of benzene rings is 3. The maximum Gasteiger partial charge on any atom is 0.0352 e. The van der Waals surface area contributed by atoms with Crippen LogP contribution in [0.1, 0.15) is 17.4 Å². The second-order valence-corrected chi connectivity index (χ2v) is 8.65. The molecule has 0 radical (unpaired) electrons. The fraction of sp³-hybridized carbons (Fsp3) is 0.143. The van der Waals surface area contributed by atoms with Gasteiger partial charge in [0.05, 0.1) is 0 Å². The van der Waals surface area contributed by atoms with Gasteiger partial charge in [-0.2, -0.15) is 0 Å². The van der Waals surface area contributed by atoms with Crippen molar-refractivity contribution >= 4 is 60.8 Å². The summed E-state index contributed by atoms with van der Waals surface area (Å²) in [7, 11) is 0. The first-order valence-corrected chi connectivity index (χ1v) is 9.69. The van der Waals surface area contributed by atoms with Gasteiger partial charge < -0.3 is 0 Å². The topological polar surface area (TPSA) is 0 Å². The van der Waals surface area contributed by atoms with Gasteiger partial charge in [-0.25, -0.2) is 0 Å². The summed E-state index contributed by atoms with van der Waals surface area (Å²) in [6.07, 6.45) is 2.37. The van der Waals surface area contributed by atoms with Gasteiger partial charge in [0.1, 0.15) is 0 Å². The van der Waals surface area contributed by atoms with Crippen LogP contribution in [0, 0.1) is 6.92 Å². The van der Waals surface area contributed by atoms with Crippen molar-refractivity contribution in [3.05, 3.63) is 58.5 Å². The number of aryl methyl sites for hydroxylation is 1. The molecule has 0 nitrogen and oxygen atoms in total. The first-order chi connectivity index (χ1) is 11.2. The van der Waals surface area contributed by atoms with Crippen LogP contribution >= 0.6 is 23.1 Å². The molecule has 0 bridgehead atoms. The minimum atomic E-state index is 1.11. The first-order valence-electron chi connectivity index (χ1n) is 7.89. The third-order valence-corrected chi connectivity index (χ3v) is 6.95. The van der Waals surface area contributed by atoms with Gasteiger partial charge in [0.2, 0.25) is 0 Å². The molecule has 0 atom stereocenters. The Morgan fingerprint density at radius 1 is 0.783 bits per heavy atom. The lowest BCUT2D eigenvalue weighted by Crippen LogP contribution is -1.94. The molecule has 2 heteroatoms. The molecule has 4 aromatic rings. The minimum Gasteiger partial charge on any atom is -0.141 e. The maximum atomic E-state index is 2.37. The van der Waals surface area contributed by atoms with E-state index >= 15 is 0 Å². The Morgan fingerprint density at radius 2 is 1.48 bits per heavy atom. The van der Waals surface area contributed by atoms with Crippen molar-refractivity contribution in [2.75, 3.05) is 5.75 Å². The van der Waals surface area contributed by atoms with E-state index in [-0.39, 0.29) is 0 Å². The number of thiophene rings is 1. The summed E-state index contributed by atoms with van der Waals surface area (Å²) in [5, 5.41) is 6.90. The van der Waals surface area contributed by atoms with Gasteiger partial charge in [-0.3, -0.25) is 0 Å². The van der Waals surface area contributed by atoms with Crippen molar-refractivity contribution in [2.45, 2.75) is 18.7 Å². The minimum absolute atomic E-state index is 1.11. The van der Waals surface area contributed by atoms with E-state index in [1.54, 1.807) is 0 Å². The van der Waals surface area contributed by atoms with E-state index in [0.29, 0.717) is 0 Å². The van der Waals surface area contributed by atoms with Crippen molar-refractivity contribution in [2.24, 2.45) is 0 Å². The molecule has 1 aromatic heterocycles. The molecule has 0 saturated carbocycles. The van der Waals surface area contributed by atoms with Crippen LogP contribution in [0.25, 0.3) is 37.7 Å². The van der Waals surface area contributed by atoms with Crippen LogP contribution in [0.2, 0.25) is 0 Å². The zero-order valence-electron chi connectivity index (χ0n) is 13.1. The second-order valence-electron chi connectivity index (χ2n) is 6.35. The molecule has 0 fully saturated rings. The number of fused-ring (bicyclic) bond motifs is 7. The highest BCUT2D eigenvalue weighted by atomic mass is 32.2. The SMILES string of the molecule is CC1=Cc2c(ccc3c2ccc2c4cc(C)sc4ccc32)SC1. The largest absolute Gasteiger partial charge is 0.141 e. The summed E-state index contributed by atoms with van der Waals surface area (Å²) in [4.78, 5) is 2.79. The average Bonchev–Trinajstić information content (AvgIpc) is 2.94.